The molecule has 0 saturated heterocycles. The fourth-order valence-corrected chi connectivity index (χ4v) is 3.76. The summed E-state index contributed by atoms with van der Waals surface area (Å²) in [5.41, 5.74) is 1.04. The smallest absolute Gasteiger partial charge is 0.311 e. The lowest BCUT2D eigenvalue weighted by Gasteiger charge is -2.22. The van der Waals surface area contributed by atoms with E-state index in [4.69, 9.17) is 9.47 Å². The molecule has 0 saturated carbocycles. The van der Waals surface area contributed by atoms with Gasteiger partial charge in [-0.1, -0.05) is 83.9 Å². The molecule has 0 radical (unpaired) electrons. The molecule has 0 aliphatic rings. The lowest BCUT2D eigenvalue weighted by Crippen LogP contribution is -2.13. The minimum atomic E-state index is -0.245. The maximum Gasteiger partial charge on any atom is 0.311 e. The van der Waals surface area contributed by atoms with Gasteiger partial charge in [0.25, 0.3) is 0 Å². The number of esters is 2. The monoisotopic (exact) mass is 434 g/mol. The van der Waals surface area contributed by atoms with E-state index in [1.54, 1.807) is 0 Å². The Balaban J connectivity index is 2.25. The predicted molar refractivity (Wildman–Crippen MR) is 130 cm³/mol. The van der Waals surface area contributed by atoms with Crippen molar-refractivity contribution in [3.8, 4) is 11.5 Å². The summed E-state index contributed by atoms with van der Waals surface area (Å²) in [6, 6.07) is 13.8. The van der Waals surface area contributed by atoms with Crippen LogP contribution in [0.5, 0.6) is 11.5 Å². The number of carbonyl (C=O) groups excluding carboxylic acids is 2. The molecule has 0 aliphatic heterocycles. The minimum absolute atomic E-state index is 0.0821. The molecule has 32 heavy (non-hydrogen) atoms. The minimum Gasteiger partial charge on any atom is -0.425 e. The highest BCUT2D eigenvalue weighted by Gasteiger charge is 2.22. The Kier molecular flexibility index (Phi) is 7.55. The summed E-state index contributed by atoms with van der Waals surface area (Å²) in [4.78, 5) is 25.2. The molecule has 0 aromatic heterocycles. The SMILES string of the molecule is CCCCC(=O)Oc1c2ccccc2c(OC(=O)CCCC)c2cc(C(C)(C)C)ccc12. The van der Waals surface area contributed by atoms with E-state index < -0.39 is 0 Å². The number of unbranched alkanes of at least 4 members (excludes halogenated alkanes) is 2. The molecule has 0 aliphatic carbocycles. The van der Waals surface area contributed by atoms with E-state index in [-0.39, 0.29) is 17.4 Å². The average molecular weight is 435 g/mol. The van der Waals surface area contributed by atoms with E-state index in [0.29, 0.717) is 24.3 Å². The molecule has 0 unspecified atom stereocenters. The fraction of sp³-hybridized carbons (Fsp3) is 0.429. The van der Waals surface area contributed by atoms with Crippen LogP contribution in [0.15, 0.2) is 42.5 Å². The molecule has 0 atom stereocenters. The molecule has 0 N–H and O–H groups in total. The molecule has 0 fully saturated rings. The van der Waals surface area contributed by atoms with E-state index in [1.807, 2.05) is 37.3 Å². The van der Waals surface area contributed by atoms with Gasteiger partial charge in [-0.3, -0.25) is 9.59 Å². The van der Waals surface area contributed by atoms with Crippen molar-refractivity contribution in [2.24, 2.45) is 0 Å². The Labute approximate surface area is 190 Å². The second kappa shape index (κ2) is 10.2. The maximum absolute atomic E-state index is 12.6. The molecule has 0 amide bonds. The molecule has 0 bridgehead atoms. The van der Waals surface area contributed by atoms with Gasteiger partial charge in [-0.2, -0.15) is 0 Å². The summed E-state index contributed by atoms with van der Waals surface area (Å²) in [7, 11) is 0. The maximum atomic E-state index is 12.6. The van der Waals surface area contributed by atoms with E-state index in [9.17, 15) is 9.59 Å². The fourth-order valence-electron chi connectivity index (χ4n) is 3.76. The van der Waals surface area contributed by atoms with Crippen molar-refractivity contribution in [2.75, 3.05) is 0 Å². The van der Waals surface area contributed by atoms with Crippen LogP contribution in [0.4, 0.5) is 0 Å². The van der Waals surface area contributed by atoms with Crippen molar-refractivity contribution >= 4 is 33.5 Å². The van der Waals surface area contributed by atoms with E-state index in [2.05, 4.69) is 39.8 Å². The third kappa shape index (κ3) is 5.29. The van der Waals surface area contributed by atoms with Gasteiger partial charge in [-0.15, -0.1) is 0 Å². The second-order valence-corrected chi connectivity index (χ2v) is 9.37. The zero-order chi connectivity index (χ0) is 23.3. The Morgan fingerprint density at radius 3 is 1.66 bits per heavy atom. The van der Waals surface area contributed by atoms with Crippen LogP contribution in [0.2, 0.25) is 0 Å². The lowest BCUT2D eigenvalue weighted by molar-refractivity contribution is -0.135. The molecule has 0 heterocycles. The number of fused-ring (bicyclic) bond motifs is 2. The summed E-state index contributed by atoms with van der Waals surface area (Å²) >= 11 is 0. The van der Waals surface area contributed by atoms with Crippen molar-refractivity contribution in [1.82, 2.24) is 0 Å². The van der Waals surface area contributed by atoms with Crippen LogP contribution >= 0.6 is 0 Å². The van der Waals surface area contributed by atoms with Gasteiger partial charge in [0.2, 0.25) is 0 Å². The number of hydrogen-bond donors (Lipinski definition) is 0. The van der Waals surface area contributed by atoms with Gasteiger partial charge in [-0.25, -0.2) is 0 Å². The van der Waals surface area contributed by atoms with Crippen molar-refractivity contribution in [2.45, 2.75) is 78.6 Å². The zero-order valence-corrected chi connectivity index (χ0v) is 19.9. The molecular formula is C28H34O4. The average Bonchev–Trinajstić information content (AvgIpc) is 2.77. The molecular weight excluding hydrogens is 400 g/mol. The molecule has 3 aromatic carbocycles. The summed E-state index contributed by atoms with van der Waals surface area (Å²) in [5, 5.41) is 3.11. The van der Waals surface area contributed by atoms with Gasteiger partial charge in [0.05, 0.1) is 0 Å². The Morgan fingerprint density at radius 2 is 1.19 bits per heavy atom. The molecule has 4 nitrogen and oxygen atoms in total. The highest BCUT2D eigenvalue weighted by molar-refractivity contribution is 6.12. The molecule has 3 aromatic rings. The standard InChI is InChI=1S/C28H34O4/c1-6-8-14-24(29)31-26-20-12-10-11-13-21(20)27(32-25(30)15-9-7-2)23-18-19(28(3,4)5)16-17-22(23)26/h10-13,16-18H,6-9,14-15H2,1-5H3. The number of hydrogen-bond acceptors (Lipinski definition) is 4. The first-order chi connectivity index (χ1) is 15.3. The highest BCUT2D eigenvalue weighted by Crippen LogP contribution is 2.44. The first-order valence-electron chi connectivity index (χ1n) is 11.7. The summed E-state index contributed by atoms with van der Waals surface area (Å²) in [6.45, 7) is 10.5. The quantitative estimate of drug-likeness (QED) is 0.209. The van der Waals surface area contributed by atoms with Crippen LogP contribution in [0.3, 0.4) is 0 Å². The van der Waals surface area contributed by atoms with E-state index >= 15 is 0 Å². The molecule has 170 valence electrons. The molecule has 4 heteroatoms. The van der Waals surface area contributed by atoms with Gasteiger partial charge in [0.1, 0.15) is 11.5 Å². The topological polar surface area (TPSA) is 52.6 Å². The normalized spacial score (nSPS) is 11.7. The first kappa shape index (κ1) is 23.8. The van der Waals surface area contributed by atoms with Gasteiger partial charge in [0, 0.05) is 34.4 Å². The van der Waals surface area contributed by atoms with Gasteiger partial charge in [0.15, 0.2) is 0 Å². The number of benzene rings is 3. The predicted octanol–water partition coefficient (Wildman–Crippen LogP) is 7.48. The number of rotatable bonds is 8. The van der Waals surface area contributed by atoms with E-state index in [0.717, 1.165) is 52.8 Å². The Morgan fingerprint density at radius 1 is 0.719 bits per heavy atom. The summed E-state index contributed by atoms with van der Waals surface area (Å²) < 4.78 is 11.9. The Hall–Kier alpha value is -2.88. The van der Waals surface area contributed by atoms with Gasteiger partial charge < -0.3 is 9.47 Å². The summed E-state index contributed by atoms with van der Waals surface area (Å²) in [6.07, 6.45) is 4.18. The number of carbonyl (C=O) groups is 2. The van der Waals surface area contributed by atoms with E-state index in [1.165, 1.54) is 0 Å². The van der Waals surface area contributed by atoms with Crippen LogP contribution in [0, 0.1) is 0 Å². The first-order valence-corrected chi connectivity index (χ1v) is 11.7. The molecule has 0 spiro atoms. The van der Waals surface area contributed by atoms with Crippen LogP contribution in [0.25, 0.3) is 21.5 Å². The summed E-state index contributed by atoms with van der Waals surface area (Å²) in [5.74, 6) is 0.583. The van der Waals surface area contributed by atoms with Gasteiger partial charge >= 0.3 is 11.9 Å². The lowest BCUT2D eigenvalue weighted by atomic mass is 9.85. The third-order valence-electron chi connectivity index (χ3n) is 5.69. The zero-order valence-electron chi connectivity index (χ0n) is 19.9. The Bertz CT molecular complexity index is 1120. The van der Waals surface area contributed by atoms with Crippen LogP contribution in [-0.4, -0.2) is 11.9 Å². The van der Waals surface area contributed by atoms with Crippen molar-refractivity contribution in [3.63, 3.8) is 0 Å². The molecule has 3 rings (SSSR count). The third-order valence-corrected chi connectivity index (χ3v) is 5.69. The van der Waals surface area contributed by atoms with Crippen LogP contribution < -0.4 is 9.47 Å². The van der Waals surface area contributed by atoms with Gasteiger partial charge in [-0.05, 0) is 29.9 Å². The highest BCUT2D eigenvalue weighted by atomic mass is 16.5. The van der Waals surface area contributed by atoms with Crippen LogP contribution in [-0.2, 0) is 15.0 Å². The van der Waals surface area contributed by atoms with Crippen molar-refractivity contribution < 1.29 is 19.1 Å². The largest absolute Gasteiger partial charge is 0.425 e. The number of ether oxygens (including phenoxy) is 2. The second-order valence-electron chi connectivity index (χ2n) is 9.37. The van der Waals surface area contributed by atoms with Crippen LogP contribution in [0.1, 0.15) is 78.7 Å². The van der Waals surface area contributed by atoms with Crippen molar-refractivity contribution in [1.29, 1.82) is 0 Å². The van der Waals surface area contributed by atoms with Crippen molar-refractivity contribution in [3.05, 3.63) is 48.0 Å².